The van der Waals surface area contributed by atoms with Crippen molar-refractivity contribution in [3.63, 3.8) is 0 Å². The van der Waals surface area contributed by atoms with E-state index in [1.54, 1.807) is 25.5 Å². The van der Waals surface area contributed by atoms with Crippen LogP contribution >= 0.6 is 0 Å². The van der Waals surface area contributed by atoms with E-state index in [4.69, 9.17) is 9.15 Å². The van der Waals surface area contributed by atoms with Crippen LogP contribution in [-0.4, -0.2) is 30.4 Å². The lowest BCUT2D eigenvalue weighted by atomic mass is 10.0. The first kappa shape index (κ1) is 15.3. The monoisotopic (exact) mass is 287 g/mol. The Morgan fingerprint density at radius 3 is 2.52 bits per heavy atom. The van der Waals surface area contributed by atoms with Gasteiger partial charge < -0.3 is 9.15 Å². The van der Waals surface area contributed by atoms with Gasteiger partial charge in [-0.1, -0.05) is 6.92 Å². The summed E-state index contributed by atoms with van der Waals surface area (Å²) in [5, 5.41) is 0. The number of nitrogens with zero attached hydrogens (tertiary/aromatic N) is 1. The second-order valence-corrected chi connectivity index (χ2v) is 4.91. The zero-order valence-electron chi connectivity index (χ0n) is 12.7. The third-order valence-corrected chi connectivity index (χ3v) is 3.65. The quantitative estimate of drug-likeness (QED) is 0.732. The zero-order chi connectivity index (χ0) is 15.2. The highest BCUT2D eigenvalue weighted by molar-refractivity contribution is 5.99. The number of rotatable bonds is 7. The van der Waals surface area contributed by atoms with E-state index in [-0.39, 0.29) is 11.8 Å². The first-order chi connectivity index (χ1) is 10.2. The highest BCUT2D eigenvalue weighted by Crippen LogP contribution is 2.16. The number of ketones is 1. The average Bonchev–Trinajstić information content (AvgIpc) is 3.04. The standard InChI is InChI=1S/C17H21NO3/c1-4-18(12-16-6-5-11-21-16)13(2)17(19)14-7-9-15(20-3)10-8-14/h5-11,13H,4,12H2,1-3H3. The Morgan fingerprint density at radius 2 is 2.00 bits per heavy atom. The second-order valence-electron chi connectivity index (χ2n) is 4.91. The molecule has 0 spiro atoms. The summed E-state index contributed by atoms with van der Waals surface area (Å²) >= 11 is 0. The summed E-state index contributed by atoms with van der Waals surface area (Å²) in [5.74, 6) is 1.72. The van der Waals surface area contributed by atoms with Gasteiger partial charge in [0.2, 0.25) is 0 Å². The Hall–Kier alpha value is -2.07. The van der Waals surface area contributed by atoms with Crippen LogP contribution < -0.4 is 4.74 Å². The normalized spacial score (nSPS) is 12.4. The van der Waals surface area contributed by atoms with Crippen molar-refractivity contribution in [3.8, 4) is 5.75 Å². The maximum atomic E-state index is 12.6. The summed E-state index contributed by atoms with van der Waals surface area (Å²) in [5.41, 5.74) is 0.696. The van der Waals surface area contributed by atoms with Crippen molar-refractivity contribution >= 4 is 5.78 Å². The van der Waals surface area contributed by atoms with Gasteiger partial charge in [0, 0.05) is 5.56 Å². The second kappa shape index (κ2) is 7.09. The first-order valence-electron chi connectivity index (χ1n) is 7.10. The molecule has 0 aliphatic carbocycles. The molecule has 112 valence electrons. The molecule has 0 saturated carbocycles. The van der Waals surface area contributed by atoms with Crippen molar-refractivity contribution in [2.45, 2.75) is 26.4 Å². The lowest BCUT2D eigenvalue weighted by Gasteiger charge is -2.25. The number of Topliss-reactive ketones (excluding diaryl/α,β-unsaturated/α-hetero) is 1. The predicted molar refractivity (Wildman–Crippen MR) is 81.6 cm³/mol. The van der Waals surface area contributed by atoms with E-state index in [2.05, 4.69) is 4.90 Å². The fourth-order valence-corrected chi connectivity index (χ4v) is 2.29. The summed E-state index contributed by atoms with van der Waals surface area (Å²) in [7, 11) is 1.61. The van der Waals surface area contributed by atoms with Crippen molar-refractivity contribution < 1.29 is 13.9 Å². The fourth-order valence-electron chi connectivity index (χ4n) is 2.29. The van der Waals surface area contributed by atoms with Gasteiger partial charge in [-0.05, 0) is 49.9 Å². The Labute approximate surface area is 125 Å². The molecule has 0 radical (unpaired) electrons. The molecule has 1 aromatic heterocycles. The van der Waals surface area contributed by atoms with Crippen molar-refractivity contribution in [1.82, 2.24) is 4.90 Å². The van der Waals surface area contributed by atoms with Crippen LogP contribution in [-0.2, 0) is 6.54 Å². The maximum Gasteiger partial charge on any atom is 0.179 e. The Bertz CT molecular complexity index is 560. The summed E-state index contributed by atoms with van der Waals surface area (Å²) in [6.07, 6.45) is 1.65. The van der Waals surface area contributed by atoms with E-state index < -0.39 is 0 Å². The van der Waals surface area contributed by atoms with Crippen LogP contribution in [0.3, 0.4) is 0 Å². The van der Waals surface area contributed by atoms with Gasteiger partial charge in [-0.15, -0.1) is 0 Å². The molecule has 2 aromatic rings. The Balaban J connectivity index is 2.08. The SMILES string of the molecule is CCN(Cc1ccco1)C(C)C(=O)c1ccc(OC)cc1. The van der Waals surface area contributed by atoms with Crippen LogP contribution in [0.2, 0.25) is 0 Å². The number of hydrogen-bond donors (Lipinski definition) is 0. The van der Waals surface area contributed by atoms with Gasteiger partial charge >= 0.3 is 0 Å². The van der Waals surface area contributed by atoms with Gasteiger partial charge in [-0.3, -0.25) is 9.69 Å². The summed E-state index contributed by atoms with van der Waals surface area (Å²) in [4.78, 5) is 14.6. The number of hydrogen-bond acceptors (Lipinski definition) is 4. The molecule has 1 aromatic carbocycles. The molecule has 4 nitrogen and oxygen atoms in total. The van der Waals surface area contributed by atoms with E-state index in [0.717, 1.165) is 18.1 Å². The number of methoxy groups -OCH3 is 1. The molecule has 1 atom stereocenters. The Kier molecular flexibility index (Phi) is 5.17. The van der Waals surface area contributed by atoms with Crippen molar-refractivity contribution in [3.05, 3.63) is 54.0 Å². The minimum absolute atomic E-state index is 0.103. The summed E-state index contributed by atoms with van der Waals surface area (Å²) in [6, 6.07) is 10.8. The van der Waals surface area contributed by atoms with E-state index in [1.165, 1.54) is 0 Å². The van der Waals surface area contributed by atoms with Crippen LogP contribution in [0.4, 0.5) is 0 Å². The van der Waals surface area contributed by atoms with E-state index in [9.17, 15) is 4.79 Å². The van der Waals surface area contributed by atoms with Gasteiger partial charge in [0.1, 0.15) is 11.5 Å². The molecule has 0 aliphatic rings. The van der Waals surface area contributed by atoms with Gasteiger partial charge in [0.15, 0.2) is 5.78 Å². The molecule has 21 heavy (non-hydrogen) atoms. The number of likely N-dealkylation sites (N-methyl/N-ethyl adjacent to an activating group) is 1. The summed E-state index contributed by atoms with van der Waals surface area (Å²) in [6.45, 7) is 5.38. The van der Waals surface area contributed by atoms with Crippen LogP contribution in [0.5, 0.6) is 5.75 Å². The molecule has 0 bridgehead atoms. The molecule has 4 heteroatoms. The molecule has 0 aliphatic heterocycles. The smallest absolute Gasteiger partial charge is 0.179 e. The number of benzene rings is 1. The molecule has 2 rings (SSSR count). The van der Waals surface area contributed by atoms with Crippen molar-refractivity contribution in [1.29, 1.82) is 0 Å². The zero-order valence-corrected chi connectivity index (χ0v) is 12.7. The van der Waals surface area contributed by atoms with E-state index in [1.807, 2.05) is 38.1 Å². The lowest BCUT2D eigenvalue weighted by Crippen LogP contribution is -2.38. The number of carbonyl (C=O) groups excluding carboxylic acids is 1. The minimum atomic E-state index is -0.200. The minimum Gasteiger partial charge on any atom is -0.497 e. The fraction of sp³-hybridized carbons (Fsp3) is 0.353. The molecule has 0 saturated heterocycles. The molecular formula is C17H21NO3. The first-order valence-corrected chi connectivity index (χ1v) is 7.10. The molecular weight excluding hydrogens is 266 g/mol. The highest BCUT2D eigenvalue weighted by Gasteiger charge is 2.22. The molecule has 0 amide bonds. The third kappa shape index (κ3) is 3.73. The van der Waals surface area contributed by atoms with Crippen LogP contribution in [0, 0.1) is 0 Å². The largest absolute Gasteiger partial charge is 0.497 e. The van der Waals surface area contributed by atoms with Crippen molar-refractivity contribution in [2.75, 3.05) is 13.7 Å². The third-order valence-electron chi connectivity index (χ3n) is 3.65. The maximum absolute atomic E-state index is 12.6. The summed E-state index contributed by atoms with van der Waals surface area (Å²) < 4.78 is 10.5. The highest BCUT2D eigenvalue weighted by atomic mass is 16.5. The van der Waals surface area contributed by atoms with E-state index >= 15 is 0 Å². The molecule has 0 N–H and O–H groups in total. The van der Waals surface area contributed by atoms with Crippen LogP contribution in [0.1, 0.15) is 30.0 Å². The number of ether oxygens (including phenoxy) is 1. The lowest BCUT2D eigenvalue weighted by molar-refractivity contribution is 0.0826. The van der Waals surface area contributed by atoms with Gasteiger partial charge in [0.25, 0.3) is 0 Å². The van der Waals surface area contributed by atoms with E-state index in [0.29, 0.717) is 12.1 Å². The molecule has 1 unspecified atom stereocenters. The van der Waals surface area contributed by atoms with Gasteiger partial charge in [-0.2, -0.15) is 0 Å². The molecule has 1 heterocycles. The van der Waals surface area contributed by atoms with Crippen molar-refractivity contribution in [2.24, 2.45) is 0 Å². The predicted octanol–water partition coefficient (Wildman–Crippen LogP) is 3.38. The Morgan fingerprint density at radius 1 is 1.29 bits per heavy atom. The number of carbonyl (C=O) groups is 1. The van der Waals surface area contributed by atoms with Crippen LogP contribution in [0.15, 0.2) is 47.1 Å². The van der Waals surface area contributed by atoms with Crippen LogP contribution in [0.25, 0.3) is 0 Å². The average molecular weight is 287 g/mol. The topological polar surface area (TPSA) is 42.7 Å². The molecule has 0 fully saturated rings. The number of furan rings is 1. The van der Waals surface area contributed by atoms with Gasteiger partial charge in [-0.25, -0.2) is 0 Å². The van der Waals surface area contributed by atoms with Gasteiger partial charge in [0.05, 0.1) is 26.0 Å².